The molecule has 8 heteroatoms. The quantitative estimate of drug-likeness (QED) is 0.451. The van der Waals surface area contributed by atoms with Crippen molar-refractivity contribution in [2.75, 3.05) is 36.1 Å². The van der Waals surface area contributed by atoms with Crippen LogP contribution in [0.2, 0.25) is 0 Å². The number of nitrogens with one attached hydrogen (secondary N) is 3. The molecule has 0 aliphatic rings. The van der Waals surface area contributed by atoms with Crippen LogP contribution in [-0.2, 0) is 20.8 Å². The predicted molar refractivity (Wildman–Crippen MR) is 131 cm³/mol. The van der Waals surface area contributed by atoms with Gasteiger partial charge < -0.3 is 20.9 Å². The molecular weight excluding hydrogens is 435 g/mol. The summed E-state index contributed by atoms with van der Waals surface area (Å²) in [6.07, 6.45) is 0.117. The Kier molecular flexibility index (Phi) is 8.34. The van der Waals surface area contributed by atoms with Crippen LogP contribution in [0.15, 0.2) is 72.8 Å². The van der Waals surface area contributed by atoms with Crippen LogP contribution >= 0.6 is 0 Å². The van der Waals surface area contributed by atoms with Gasteiger partial charge in [-0.2, -0.15) is 0 Å². The van der Waals surface area contributed by atoms with Gasteiger partial charge in [0.1, 0.15) is 5.82 Å². The second kappa shape index (κ2) is 11.6. The first kappa shape index (κ1) is 24.4. The molecule has 3 aromatic carbocycles. The summed E-state index contributed by atoms with van der Waals surface area (Å²) in [7, 11) is 1.53. The SMILES string of the molecule is Cc1ccc(NC(=O)CN(C)C(=O)CNc2ccc(F)c(NC(=O)Cc3ccccc3)c2)cc1. The first-order valence-electron chi connectivity index (χ1n) is 10.8. The van der Waals surface area contributed by atoms with Crippen molar-refractivity contribution in [1.29, 1.82) is 0 Å². The number of carbonyl (C=O) groups excluding carboxylic acids is 3. The molecule has 3 rings (SSSR count). The second-order valence-electron chi connectivity index (χ2n) is 7.92. The fourth-order valence-corrected chi connectivity index (χ4v) is 3.16. The molecule has 7 nitrogen and oxygen atoms in total. The molecule has 0 aliphatic carbocycles. The number of halogens is 1. The number of nitrogens with zero attached hydrogens (tertiary/aromatic N) is 1. The number of anilines is 3. The fourth-order valence-electron chi connectivity index (χ4n) is 3.16. The number of hydrogen-bond donors (Lipinski definition) is 3. The summed E-state index contributed by atoms with van der Waals surface area (Å²) in [4.78, 5) is 38.2. The highest BCUT2D eigenvalue weighted by molar-refractivity contribution is 5.95. The highest BCUT2D eigenvalue weighted by Gasteiger charge is 2.14. The minimum absolute atomic E-state index is 0.0178. The highest BCUT2D eigenvalue weighted by Crippen LogP contribution is 2.20. The lowest BCUT2D eigenvalue weighted by Gasteiger charge is -2.18. The maximum absolute atomic E-state index is 14.2. The van der Waals surface area contributed by atoms with Gasteiger partial charge in [-0.3, -0.25) is 14.4 Å². The van der Waals surface area contributed by atoms with E-state index in [4.69, 9.17) is 0 Å². The lowest BCUT2D eigenvalue weighted by atomic mass is 10.1. The molecule has 0 saturated carbocycles. The molecular formula is C26H27FN4O3. The van der Waals surface area contributed by atoms with Gasteiger partial charge in [0, 0.05) is 18.4 Å². The molecule has 0 saturated heterocycles. The summed E-state index contributed by atoms with van der Waals surface area (Å²) in [5.74, 6) is -1.57. The van der Waals surface area contributed by atoms with Gasteiger partial charge in [0.05, 0.1) is 25.2 Å². The lowest BCUT2D eigenvalue weighted by Crippen LogP contribution is -2.38. The van der Waals surface area contributed by atoms with E-state index >= 15 is 0 Å². The normalized spacial score (nSPS) is 10.3. The van der Waals surface area contributed by atoms with Crippen LogP contribution in [0.25, 0.3) is 0 Å². The molecule has 176 valence electrons. The molecule has 0 radical (unpaired) electrons. The summed E-state index contributed by atoms with van der Waals surface area (Å²) in [5.41, 5.74) is 3.03. The van der Waals surface area contributed by atoms with E-state index in [2.05, 4.69) is 16.0 Å². The minimum atomic E-state index is -0.580. The molecule has 34 heavy (non-hydrogen) atoms. The maximum Gasteiger partial charge on any atom is 0.243 e. The van der Waals surface area contributed by atoms with Crippen LogP contribution in [0.3, 0.4) is 0 Å². The third-order valence-electron chi connectivity index (χ3n) is 5.03. The number of rotatable bonds is 9. The van der Waals surface area contributed by atoms with Crippen LogP contribution in [-0.4, -0.2) is 42.8 Å². The Labute approximate surface area is 198 Å². The third-order valence-corrected chi connectivity index (χ3v) is 5.03. The Morgan fingerprint density at radius 2 is 1.53 bits per heavy atom. The number of amides is 3. The van der Waals surface area contributed by atoms with Gasteiger partial charge in [-0.1, -0.05) is 48.0 Å². The predicted octanol–water partition coefficient (Wildman–Crippen LogP) is 3.82. The van der Waals surface area contributed by atoms with Crippen LogP contribution in [0.5, 0.6) is 0 Å². The van der Waals surface area contributed by atoms with E-state index in [1.807, 2.05) is 49.4 Å². The number of likely N-dealkylation sites (N-methyl/N-ethyl adjacent to an activating group) is 1. The maximum atomic E-state index is 14.2. The van der Waals surface area contributed by atoms with E-state index in [1.165, 1.54) is 30.1 Å². The van der Waals surface area contributed by atoms with Gasteiger partial charge in [0.25, 0.3) is 0 Å². The summed E-state index contributed by atoms with van der Waals surface area (Å²) >= 11 is 0. The Bertz CT molecular complexity index is 1150. The van der Waals surface area contributed by atoms with Crippen molar-refractivity contribution in [1.82, 2.24) is 4.90 Å². The third kappa shape index (κ3) is 7.44. The van der Waals surface area contributed by atoms with Crippen LogP contribution in [0, 0.1) is 12.7 Å². The molecule has 0 atom stereocenters. The molecule has 0 fully saturated rings. The van der Waals surface area contributed by atoms with E-state index in [-0.39, 0.29) is 42.9 Å². The van der Waals surface area contributed by atoms with Gasteiger partial charge in [-0.05, 0) is 42.8 Å². The average molecular weight is 463 g/mol. The molecule has 0 unspecified atom stereocenters. The smallest absolute Gasteiger partial charge is 0.243 e. The van der Waals surface area contributed by atoms with E-state index in [9.17, 15) is 18.8 Å². The standard InChI is InChI=1S/C26H27FN4O3/c1-18-8-10-20(11-9-18)29-25(33)17-31(2)26(34)16-28-21-12-13-22(27)23(15-21)30-24(32)14-19-6-4-3-5-7-19/h3-13,15,28H,14,16-17H2,1-2H3,(H,29,33)(H,30,32). The minimum Gasteiger partial charge on any atom is -0.376 e. The van der Waals surface area contributed by atoms with Crippen molar-refractivity contribution in [3.05, 3.63) is 89.7 Å². The Morgan fingerprint density at radius 3 is 2.24 bits per heavy atom. The lowest BCUT2D eigenvalue weighted by molar-refractivity contribution is -0.131. The molecule has 0 aliphatic heterocycles. The van der Waals surface area contributed by atoms with Crippen molar-refractivity contribution in [3.63, 3.8) is 0 Å². The molecule has 0 aromatic heterocycles. The van der Waals surface area contributed by atoms with Gasteiger partial charge >= 0.3 is 0 Å². The topological polar surface area (TPSA) is 90.5 Å². The van der Waals surface area contributed by atoms with Crippen molar-refractivity contribution < 1.29 is 18.8 Å². The van der Waals surface area contributed by atoms with Crippen LogP contribution < -0.4 is 16.0 Å². The zero-order chi connectivity index (χ0) is 24.5. The zero-order valence-electron chi connectivity index (χ0n) is 19.1. The molecule has 0 spiro atoms. The summed E-state index contributed by atoms with van der Waals surface area (Å²) in [6, 6.07) is 20.6. The molecule has 3 aromatic rings. The fraction of sp³-hybridized carbons (Fsp3) is 0.192. The van der Waals surface area contributed by atoms with E-state index in [1.54, 1.807) is 12.1 Å². The Morgan fingerprint density at radius 1 is 0.853 bits per heavy atom. The summed E-state index contributed by atoms with van der Waals surface area (Å²) < 4.78 is 14.2. The molecule has 3 amide bonds. The van der Waals surface area contributed by atoms with Gasteiger partial charge in [-0.25, -0.2) is 4.39 Å². The van der Waals surface area contributed by atoms with Crippen LogP contribution in [0.4, 0.5) is 21.5 Å². The van der Waals surface area contributed by atoms with Crippen molar-refractivity contribution in [2.45, 2.75) is 13.3 Å². The average Bonchev–Trinajstić information content (AvgIpc) is 2.81. The van der Waals surface area contributed by atoms with Crippen molar-refractivity contribution in [2.24, 2.45) is 0 Å². The molecule has 3 N–H and O–H groups in total. The van der Waals surface area contributed by atoms with Gasteiger partial charge in [-0.15, -0.1) is 0 Å². The molecule has 0 heterocycles. The number of hydrogen-bond acceptors (Lipinski definition) is 4. The van der Waals surface area contributed by atoms with Gasteiger partial charge in [0.15, 0.2) is 0 Å². The van der Waals surface area contributed by atoms with E-state index < -0.39 is 5.82 Å². The number of benzene rings is 3. The molecule has 0 bridgehead atoms. The number of aryl methyl sites for hydroxylation is 1. The first-order valence-corrected chi connectivity index (χ1v) is 10.8. The van der Waals surface area contributed by atoms with Gasteiger partial charge in [0.2, 0.25) is 17.7 Å². The summed E-state index contributed by atoms with van der Waals surface area (Å²) in [6.45, 7) is 1.74. The largest absolute Gasteiger partial charge is 0.376 e. The first-order chi connectivity index (χ1) is 16.3. The number of carbonyl (C=O) groups is 3. The summed E-state index contributed by atoms with van der Waals surface area (Å²) in [5, 5.41) is 8.21. The highest BCUT2D eigenvalue weighted by atomic mass is 19.1. The second-order valence-corrected chi connectivity index (χ2v) is 7.92. The van der Waals surface area contributed by atoms with Crippen molar-refractivity contribution >= 4 is 34.8 Å². The Hall–Kier alpha value is -4.20. The van der Waals surface area contributed by atoms with E-state index in [0.717, 1.165) is 11.1 Å². The van der Waals surface area contributed by atoms with Crippen molar-refractivity contribution in [3.8, 4) is 0 Å². The van der Waals surface area contributed by atoms with Crippen LogP contribution in [0.1, 0.15) is 11.1 Å². The zero-order valence-corrected chi connectivity index (χ0v) is 19.1. The van der Waals surface area contributed by atoms with E-state index in [0.29, 0.717) is 11.4 Å². The monoisotopic (exact) mass is 462 g/mol. The Balaban J connectivity index is 1.50.